The second kappa shape index (κ2) is 9.59. The average Bonchev–Trinajstić information content (AvgIpc) is 3.25. The number of pyridine rings is 1. The molecule has 174 valence electrons. The summed E-state index contributed by atoms with van der Waals surface area (Å²) in [7, 11) is 0. The Labute approximate surface area is 199 Å². The number of aryl methyl sites for hydroxylation is 2. The molecule has 5 rings (SSSR count). The molecule has 0 spiro atoms. The van der Waals surface area contributed by atoms with Crippen LogP contribution in [0.2, 0.25) is 0 Å². The number of hydrogen-bond donors (Lipinski definition) is 2. The van der Waals surface area contributed by atoms with Crippen LogP contribution in [0, 0.1) is 6.92 Å². The minimum Gasteiger partial charge on any atom is -0.493 e. The van der Waals surface area contributed by atoms with Crippen LogP contribution in [0.4, 0.5) is 5.82 Å². The van der Waals surface area contributed by atoms with Gasteiger partial charge in [-0.05, 0) is 61.2 Å². The fraction of sp³-hybridized carbons (Fsp3) is 0.286. The van der Waals surface area contributed by atoms with Gasteiger partial charge in [0.1, 0.15) is 11.6 Å². The highest BCUT2D eigenvalue weighted by molar-refractivity contribution is 5.82. The van der Waals surface area contributed by atoms with Crippen molar-refractivity contribution in [1.82, 2.24) is 9.55 Å². The highest BCUT2D eigenvalue weighted by Gasteiger charge is 2.19. The Hall–Kier alpha value is -3.80. The highest BCUT2D eigenvalue weighted by Crippen LogP contribution is 2.30. The number of anilines is 1. The van der Waals surface area contributed by atoms with Crippen LogP contribution in [-0.4, -0.2) is 33.8 Å². The maximum absolute atomic E-state index is 11.6. The Morgan fingerprint density at radius 2 is 2.09 bits per heavy atom. The first kappa shape index (κ1) is 22.0. The summed E-state index contributed by atoms with van der Waals surface area (Å²) in [6.07, 6.45) is 4.97. The third-order valence-corrected chi connectivity index (χ3v) is 6.40. The van der Waals surface area contributed by atoms with Crippen LogP contribution in [0.3, 0.4) is 0 Å². The van der Waals surface area contributed by atoms with E-state index in [4.69, 9.17) is 9.72 Å². The maximum Gasteiger partial charge on any atom is 0.305 e. The second-order valence-electron chi connectivity index (χ2n) is 8.91. The van der Waals surface area contributed by atoms with Gasteiger partial charge >= 0.3 is 5.97 Å². The Bertz CT molecular complexity index is 1330. The van der Waals surface area contributed by atoms with E-state index in [0.29, 0.717) is 6.61 Å². The number of fused-ring (bicyclic) bond motifs is 2. The van der Waals surface area contributed by atoms with Crippen LogP contribution in [-0.2, 0) is 17.6 Å². The average molecular weight is 456 g/mol. The molecule has 1 unspecified atom stereocenters. The number of rotatable bonds is 8. The molecule has 0 amide bonds. The van der Waals surface area contributed by atoms with Gasteiger partial charge in [-0.25, -0.2) is 4.98 Å². The van der Waals surface area contributed by atoms with Gasteiger partial charge < -0.3 is 19.7 Å². The number of hydrogen-bond acceptors (Lipinski definition) is 4. The first-order valence-corrected chi connectivity index (χ1v) is 11.8. The van der Waals surface area contributed by atoms with E-state index >= 15 is 0 Å². The lowest BCUT2D eigenvalue weighted by molar-refractivity contribution is -0.137. The van der Waals surface area contributed by atoms with E-state index in [1.807, 2.05) is 60.2 Å². The Balaban J connectivity index is 1.31. The molecule has 1 aliphatic heterocycles. The molecule has 2 N–H and O–H groups in total. The van der Waals surface area contributed by atoms with Gasteiger partial charge in [-0.3, -0.25) is 4.79 Å². The maximum atomic E-state index is 11.6. The Morgan fingerprint density at radius 1 is 1.18 bits per heavy atom. The topological polar surface area (TPSA) is 76.4 Å². The molecule has 4 aromatic rings. The number of aromatic nitrogens is 2. The van der Waals surface area contributed by atoms with Crippen molar-refractivity contribution in [1.29, 1.82) is 0 Å². The fourth-order valence-corrected chi connectivity index (χ4v) is 4.70. The summed E-state index contributed by atoms with van der Waals surface area (Å²) in [5, 5.41) is 13.9. The molecule has 0 saturated heterocycles. The predicted octanol–water partition coefficient (Wildman–Crippen LogP) is 5.39. The van der Waals surface area contributed by atoms with Gasteiger partial charge in [-0.2, -0.15) is 0 Å². The standard InChI is InChI=1S/C28H29N3O3/c1-19-4-2-5-21(16-19)26(18-27(32)33)31-14-11-22-17-24(9-10-25(22)31)34-15-12-23-8-7-20-6-3-13-29-28(20)30-23/h2,4-5,7-11,14,16-17,26H,3,6,12-13,15,18H2,1H3,(H,29,30)(H,32,33). The molecule has 1 atom stereocenters. The number of aliphatic carboxylic acids is 1. The molecular weight excluding hydrogens is 426 g/mol. The first-order valence-electron chi connectivity index (χ1n) is 11.8. The van der Waals surface area contributed by atoms with E-state index in [1.54, 1.807) is 0 Å². The van der Waals surface area contributed by atoms with Gasteiger partial charge in [0.2, 0.25) is 0 Å². The van der Waals surface area contributed by atoms with Crippen LogP contribution >= 0.6 is 0 Å². The van der Waals surface area contributed by atoms with E-state index in [1.165, 1.54) is 5.56 Å². The van der Waals surface area contributed by atoms with Gasteiger partial charge in [0.05, 0.1) is 19.1 Å². The second-order valence-corrected chi connectivity index (χ2v) is 8.91. The minimum absolute atomic E-state index is 0.0219. The lowest BCUT2D eigenvalue weighted by Gasteiger charge is -2.20. The molecule has 0 aliphatic carbocycles. The Kier molecular flexibility index (Phi) is 6.21. The fourth-order valence-electron chi connectivity index (χ4n) is 4.70. The highest BCUT2D eigenvalue weighted by atomic mass is 16.5. The molecule has 0 radical (unpaired) electrons. The summed E-state index contributed by atoms with van der Waals surface area (Å²) in [6, 6.07) is 20.0. The SMILES string of the molecule is Cc1cccc(C(CC(=O)O)n2ccc3cc(OCCc4ccc5c(n4)NCCC5)ccc32)c1. The summed E-state index contributed by atoms with van der Waals surface area (Å²) in [5.74, 6) is 0.988. The van der Waals surface area contributed by atoms with Crippen LogP contribution in [0.25, 0.3) is 10.9 Å². The lowest BCUT2D eigenvalue weighted by Crippen LogP contribution is -2.14. The summed E-state index contributed by atoms with van der Waals surface area (Å²) in [6.45, 7) is 3.55. The largest absolute Gasteiger partial charge is 0.493 e. The molecule has 0 fully saturated rings. The molecular formula is C28H29N3O3. The normalized spacial score (nSPS) is 13.8. The number of nitrogens with one attached hydrogen (secondary N) is 1. The van der Waals surface area contributed by atoms with Crippen molar-refractivity contribution in [3.8, 4) is 5.75 Å². The van der Waals surface area contributed by atoms with E-state index in [0.717, 1.165) is 65.1 Å². The summed E-state index contributed by atoms with van der Waals surface area (Å²) in [5.41, 5.74) is 5.41. The molecule has 6 heteroatoms. The molecule has 34 heavy (non-hydrogen) atoms. The van der Waals surface area contributed by atoms with Crippen LogP contribution in [0.15, 0.2) is 66.9 Å². The van der Waals surface area contributed by atoms with Crippen molar-refractivity contribution >= 4 is 22.7 Å². The number of ether oxygens (including phenoxy) is 1. The minimum atomic E-state index is -0.820. The lowest BCUT2D eigenvalue weighted by atomic mass is 10.0. The third-order valence-electron chi connectivity index (χ3n) is 6.40. The smallest absolute Gasteiger partial charge is 0.305 e. The van der Waals surface area contributed by atoms with Crippen LogP contribution in [0.5, 0.6) is 5.75 Å². The van der Waals surface area contributed by atoms with Gasteiger partial charge in [0.25, 0.3) is 0 Å². The van der Waals surface area contributed by atoms with Crippen LogP contribution in [0.1, 0.15) is 41.3 Å². The third kappa shape index (κ3) is 4.76. The number of carbonyl (C=O) groups is 1. The quantitative estimate of drug-likeness (QED) is 0.373. The summed E-state index contributed by atoms with van der Waals surface area (Å²) in [4.78, 5) is 16.4. The Morgan fingerprint density at radius 3 is 2.94 bits per heavy atom. The van der Waals surface area contributed by atoms with Crippen molar-refractivity contribution in [2.75, 3.05) is 18.5 Å². The van der Waals surface area contributed by atoms with E-state index in [2.05, 4.69) is 23.5 Å². The first-order chi connectivity index (χ1) is 16.6. The van der Waals surface area contributed by atoms with Crippen molar-refractivity contribution in [3.05, 3.63) is 89.2 Å². The molecule has 1 aliphatic rings. The number of nitrogens with zero attached hydrogens (tertiary/aromatic N) is 2. The van der Waals surface area contributed by atoms with Crippen molar-refractivity contribution in [3.63, 3.8) is 0 Å². The molecule has 2 aromatic carbocycles. The van der Waals surface area contributed by atoms with E-state index in [-0.39, 0.29) is 12.5 Å². The zero-order chi connectivity index (χ0) is 23.5. The number of benzene rings is 2. The van der Waals surface area contributed by atoms with E-state index in [9.17, 15) is 9.90 Å². The molecule has 2 aromatic heterocycles. The predicted molar refractivity (Wildman–Crippen MR) is 134 cm³/mol. The van der Waals surface area contributed by atoms with Gasteiger partial charge in [0.15, 0.2) is 0 Å². The number of carboxylic acids is 1. The zero-order valence-electron chi connectivity index (χ0n) is 19.3. The molecule has 6 nitrogen and oxygen atoms in total. The van der Waals surface area contributed by atoms with Gasteiger partial charge in [-0.15, -0.1) is 0 Å². The van der Waals surface area contributed by atoms with E-state index < -0.39 is 5.97 Å². The molecule has 0 bridgehead atoms. The summed E-state index contributed by atoms with van der Waals surface area (Å²) >= 11 is 0. The van der Waals surface area contributed by atoms with Crippen molar-refractivity contribution < 1.29 is 14.6 Å². The van der Waals surface area contributed by atoms with Crippen molar-refractivity contribution in [2.24, 2.45) is 0 Å². The van der Waals surface area contributed by atoms with Crippen LogP contribution < -0.4 is 10.1 Å². The summed E-state index contributed by atoms with van der Waals surface area (Å²) < 4.78 is 8.08. The van der Waals surface area contributed by atoms with Gasteiger partial charge in [0, 0.05) is 35.8 Å². The molecule has 0 saturated carbocycles. The monoisotopic (exact) mass is 455 g/mol. The zero-order valence-corrected chi connectivity index (χ0v) is 19.3. The number of carboxylic acid groups (broad SMARTS) is 1. The van der Waals surface area contributed by atoms with Crippen molar-refractivity contribution in [2.45, 2.75) is 38.6 Å². The van der Waals surface area contributed by atoms with Gasteiger partial charge in [-0.1, -0.05) is 35.9 Å². The molecule has 3 heterocycles.